The molecule has 1 heterocycles. The number of hydrogen-bond acceptors (Lipinski definition) is 4. The van der Waals surface area contributed by atoms with Crippen LogP contribution in [0.25, 0.3) is 0 Å². The Morgan fingerprint density at radius 2 is 1.66 bits per heavy atom. The Morgan fingerprint density at radius 1 is 1.06 bits per heavy atom. The molecular weight excluding hydrogens is 483 g/mol. The Hall–Kier alpha value is -2.92. The second-order valence-electron chi connectivity index (χ2n) is 8.56. The maximum Gasteiger partial charge on any atom is 0.417 e. The Balaban J connectivity index is 1.66. The lowest BCUT2D eigenvalue weighted by Gasteiger charge is -2.33. The molecule has 3 rings (SSSR count). The molecule has 190 valence electrons. The summed E-state index contributed by atoms with van der Waals surface area (Å²) >= 11 is 0. The van der Waals surface area contributed by atoms with E-state index in [4.69, 9.17) is 0 Å². The topological polar surface area (TPSA) is 95.6 Å². The molecule has 35 heavy (non-hydrogen) atoms. The number of carbonyl (C=O) groups is 2. The molecule has 1 saturated heterocycles. The van der Waals surface area contributed by atoms with Gasteiger partial charge in [-0.3, -0.25) is 9.59 Å². The van der Waals surface area contributed by atoms with Crippen molar-refractivity contribution in [1.29, 1.82) is 0 Å². The molecule has 0 aliphatic carbocycles. The van der Waals surface area contributed by atoms with E-state index in [1.54, 1.807) is 0 Å². The van der Waals surface area contributed by atoms with Crippen molar-refractivity contribution in [3.8, 4) is 0 Å². The third kappa shape index (κ3) is 6.61. The van der Waals surface area contributed by atoms with Crippen molar-refractivity contribution in [2.24, 2.45) is 0 Å². The van der Waals surface area contributed by atoms with Gasteiger partial charge in [-0.25, -0.2) is 8.42 Å². The van der Waals surface area contributed by atoms with Crippen LogP contribution in [0.1, 0.15) is 36.5 Å². The summed E-state index contributed by atoms with van der Waals surface area (Å²) in [5.74, 6) is -0.754. The number of amides is 2. The number of hydrogen-bond donors (Lipinski definition) is 2. The molecule has 7 nitrogen and oxygen atoms in total. The summed E-state index contributed by atoms with van der Waals surface area (Å²) in [6, 6.07) is 10.4. The number of carbonyl (C=O) groups excluding carboxylic acids is 2. The first-order chi connectivity index (χ1) is 16.4. The van der Waals surface area contributed by atoms with Crippen molar-refractivity contribution in [2.75, 3.05) is 13.1 Å². The molecule has 0 unspecified atom stereocenters. The Labute approximate surface area is 202 Å². The van der Waals surface area contributed by atoms with Crippen molar-refractivity contribution in [3.63, 3.8) is 0 Å². The SMILES string of the molecule is CC(=O)N[C@H](Cc1ccccc1C)C(=O)NC1CCN(S(=O)(=O)c2ccccc2C(F)(F)F)CC1. The third-order valence-electron chi connectivity index (χ3n) is 5.99. The van der Waals surface area contributed by atoms with E-state index in [0.29, 0.717) is 6.42 Å². The van der Waals surface area contributed by atoms with E-state index in [-0.39, 0.29) is 37.9 Å². The monoisotopic (exact) mass is 511 g/mol. The highest BCUT2D eigenvalue weighted by molar-refractivity contribution is 7.89. The standard InChI is InChI=1S/C24H28F3N3O4S/c1-16-7-3-4-8-18(16)15-21(28-17(2)31)23(32)29-19-11-13-30(14-12-19)35(33,34)22-10-6-5-9-20(22)24(25,26)27/h3-10,19,21H,11-15H2,1-2H3,(H,28,31)(H,29,32)/t21-/m1/s1. The minimum Gasteiger partial charge on any atom is -0.351 e. The number of benzene rings is 2. The molecule has 1 fully saturated rings. The number of alkyl halides is 3. The van der Waals surface area contributed by atoms with Crippen LogP contribution in [0.5, 0.6) is 0 Å². The highest BCUT2D eigenvalue weighted by Crippen LogP contribution is 2.35. The summed E-state index contributed by atoms with van der Waals surface area (Å²) in [6.07, 6.45) is -4.04. The van der Waals surface area contributed by atoms with Crippen LogP contribution in [0.4, 0.5) is 13.2 Å². The van der Waals surface area contributed by atoms with E-state index >= 15 is 0 Å². The van der Waals surface area contributed by atoms with Gasteiger partial charge < -0.3 is 10.6 Å². The van der Waals surface area contributed by atoms with Crippen LogP contribution >= 0.6 is 0 Å². The van der Waals surface area contributed by atoms with Gasteiger partial charge in [-0.05, 0) is 43.0 Å². The first-order valence-corrected chi connectivity index (χ1v) is 12.6. The van der Waals surface area contributed by atoms with Crippen LogP contribution in [-0.2, 0) is 32.2 Å². The Kier molecular flexibility index (Phi) is 8.22. The zero-order chi connectivity index (χ0) is 25.8. The molecule has 2 N–H and O–H groups in total. The average molecular weight is 512 g/mol. The minimum absolute atomic E-state index is 0.0396. The second-order valence-corrected chi connectivity index (χ2v) is 10.5. The lowest BCUT2D eigenvalue weighted by molar-refractivity contribution is -0.140. The van der Waals surface area contributed by atoms with Gasteiger partial charge >= 0.3 is 6.18 Å². The van der Waals surface area contributed by atoms with Crippen molar-refractivity contribution < 1.29 is 31.2 Å². The van der Waals surface area contributed by atoms with E-state index in [2.05, 4.69) is 10.6 Å². The molecule has 1 aliphatic rings. The quantitative estimate of drug-likeness (QED) is 0.598. The number of rotatable bonds is 7. The summed E-state index contributed by atoms with van der Waals surface area (Å²) in [5.41, 5.74) is 0.684. The van der Waals surface area contributed by atoms with E-state index in [1.807, 2.05) is 31.2 Å². The maximum atomic E-state index is 13.3. The van der Waals surface area contributed by atoms with Gasteiger partial charge in [-0.2, -0.15) is 17.5 Å². The van der Waals surface area contributed by atoms with Crippen molar-refractivity contribution in [2.45, 2.75) is 56.3 Å². The minimum atomic E-state index is -4.80. The Morgan fingerprint density at radius 3 is 2.26 bits per heavy atom. The first-order valence-electron chi connectivity index (χ1n) is 11.2. The van der Waals surface area contributed by atoms with Gasteiger partial charge in [0, 0.05) is 32.5 Å². The number of nitrogens with one attached hydrogen (secondary N) is 2. The van der Waals surface area contributed by atoms with E-state index in [9.17, 15) is 31.2 Å². The normalized spacial score (nSPS) is 16.5. The van der Waals surface area contributed by atoms with E-state index < -0.39 is 38.6 Å². The summed E-state index contributed by atoms with van der Waals surface area (Å²) in [6.45, 7) is 3.15. The highest BCUT2D eigenvalue weighted by atomic mass is 32.2. The number of piperidine rings is 1. The summed E-state index contributed by atoms with van der Waals surface area (Å²) in [7, 11) is -4.36. The predicted molar refractivity (Wildman–Crippen MR) is 124 cm³/mol. The van der Waals surface area contributed by atoms with Gasteiger partial charge in [0.15, 0.2) is 0 Å². The number of halogens is 3. The van der Waals surface area contributed by atoms with Gasteiger partial charge in [0.25, 0.3) is 0 Å². The van der Waals surface area contributed by atoms with Crippen LogP contribution < -0.4 is 10.6 Å². The van der Waals surface area contributed by atoms with Gasteiger partial charge in [0.1, 0.15) is 6.04 Å². The molecule has 2 amide bonds. The molecule has 11 heteroatoms. The largest absolute Gasteiger partial charge is 0.417 e. The predicted octanol–water partition coefficient (Wildman–Crippen LogP) is 3.03. The fourth-order valence-corrected chi connectivity index (χ4v) is 5.80. The molecule has 0 aromatic heterocycles. The second kappa shape index (κ2) is 10.8. The van der Waals surface area contributed by atoms with E-state index in [1.165, 1.54) is 13.0 Å². The summed E-state index contributed by atoms with van der Waals surface area (Å²) in [4.78, 5) is 23.8. The number of aryl methyl sites for hydroxylation is 1. The fourth-order valence-electron chi connectivity index (χ4n) is 4.12. The molecule has 1 atom stereocenters. The third-order valence-corrected chi connectivity index (χ3v) is 7.95. The lowest BCUT2D eigenvalue weighted by Crippen LogP contribution is -2.53. The highest BCUT2D eigenvalue weighted by Gasteiger charge is 2.39. The molecule has 0 saturated carbocycles. The number of nitrogens with zero attached hydrogens (tertiary/aromatic N) is 1. The van der Waals surface area contributed by atoms with Crippen molar-refractivity contribution in [3.05, 3.63) is 65.2 Å². The van der Waals surface area contributed by atoms with Crippen LogP contribution in [0.15, 0.2) is 53.4 Å². The molecule has 0 bridgehead atoms. The summed E-state index contributed by atoms with van der Waals surface area (Å²) < 4.78 is 66.9. The smallest absolute Gasteiger partial charge is 0.351 e. The van der Waals surface area contributed by atoms with Crippen LogP contribution in [-0.4, -0.2) is 49.7 Å². The Bertz CT molecular complexity index is 1180. The van der Waals surface area contributed by atoms with E-state index in [0.717, 1.165) is 33.6 Å². The van der Waals surface area contributed by atoms with Crippen molar-refractivity contribution >= 4 is 21.8 Å². The molecule has 2 aromatic carbocycles. The maximum absolute atomic E-state index is 13.3. The zero-order valence-electron chi connectivity index (χ0n) is 19.4. The lowest BCUT2D eigenvalue weighted by atomic mass is 9.99. The van der Waals surface area contributed by atoms with Gasteiger partial charge in [0.2, 0.25) is 21.8 Å². The van der Waals surface area contributed by atoms with Crippen LogP contribution in [0.2, 0.25) is 0 Å². The van der Waals surface area contributed by atoms with Crippen LogP contribution in [0, 0.1) is 6.92 Å². The van der Waals surface area contributed by atoms with Gasteiger partial charge in [-0.15, -0.1) is 0 Å². The fraction of sp³-hybridized carbons (Fsp3) is 0.417. The first kappa shape index (κ1) is 26.7. The molecule has 1 aliphatic heterocycles. The van der Waals surface area contributed by atoms with Gasteiger partial charge in [-0.1, -0.05) is 36.4 Å². The average Bonchev–Trinajstić information content (AvgIpc) is 2.79. The van der Waals surface area contributed by atoms with Gasteiger partial charge in [0.05, 0.1) is 10.5 Å². The van der Waals surface area contributed by atoms with Crippen molar-refractivity contribution in [1.82, 2.24) is 14.9 Å². The molecule has 2 aromatic rings. The molecule has 0 radical (unpaired) electrons. The zero-order valence-corrected chi connectivity index (χ0v) is 20.2. The summed E-state index contributed by atoms with van der Waals surface area (Å²) in [5, 5.41) is 5.51. The molecule has 0 spiro atoms. The van der Waals surface area contributed by atoms with Crippen LogP contribution in [0.3, 0.4) is 0 Å². The number of sulfonamides is 1. The molecular formula is C24H28F3N3O4S.